The summed E-state index contributed by atoms with van der Waals surface area (Å²) in [7, 11) is 0. The van der Waals surface area contributed by atoms with Gasteiger partial charge in [-0.05, 0) is 37.6 Å². The number of pyridine rings is 1. The van der Waals surface area contributed by atoms with Crippen molar-refractivity contribution in [2.75, 3.05) is 45.8 Å². The van der Waals surface area contributed by atoms with Crippen LogP contribution < -0.4 is 5.32 Å². The Hall–Kier alpha value is -0.970. The molecule has 2 aliphatic rings. The van der Waals surface area contributed by atoms with Crippen LogP contribution in [0.4, 0.5) is 0 Å². The molecule has 110 valence electrons. The SMILES string of the molecule is c1cncc(C(CN2CCNCC2)N2CCCCC2)c1. The molecule has 1 aromatic rings. The van der Waals surface area contributed by atoms with Crippen molar-refractivity contribution in [3.05, 3.63) is 30.1 Å². The van der Waals surface area contributed by atoms with Gasteiger partial charge in [0.15, 0.2) is 0 Å². The highest BCUT2D eigenvalue weighted by Crippen LogP contribution is 2.25. The molecule has 0 aromatic carbocycles. The van der Waals surface area contributed by atoms with E-state index in [1.165, 1.54) is 51.0 Å². The zero-order valence-corrected chi connectivity index (χ0v) is 12.3. The van der Waals surface area contributed by atoms with Crippen LogP contribution in [0, 0.1) is 0 Å². The third-order valence-corrected chi connectivity index (χ3v) is 4.54. The van der Waals surface area contributed by atoms with Crippen LogP contribution in [0.5, 0.6) is 0 Å². The Kier molecular flexibility index (Phi) is 5.01. The summed E-state index contributed by atoms with van der Waals surface area (Å²) >= 11 is 0. The zero-order valence-electron chi connectivity index (χ0n) is 12.3. The van der Waals surface area contributed by atoms with Crippen LogP contribution >= 0.6 is 0 Å². The largest absolute Gasteiger partial charge is 0.314 e. The molecule has 2 aliphatic heterocycles. The van der Waals surface area contributed by atoms with E-state index in [0.29, 0.717) is 6.04 Å². The predicted octanol–water partition coefficient (Wildman–Crippen LogP) is 1.51. The number of nitrogens with zero attached hydrogens (tertiary/aromatic N) is 3. The first-order chi connectivity index (χ1) is 9.93. The van der Waals surface area contributed by atoms with Crippen molar-refractivity contribution in [2.45, 2.75) is 25.3 Å². The quantitative estimate of drug-likeness (QED) is 0.902. The summed E-state index contributed by atoms with van der Waals surface area (Å²) < 4.78 is 0. The number of piperidine rings is 1. The molecule has 0 amide bonds. The Bertz CT molecular complexity index is 383. The molecular formula is C16H26N4. The second-order valence-electron chi connectivity index (χ2n) is 5.95. The zero-order chi connectivity index (χ0) is 13.6. The van der Waals surface area contributed by atoms with E-state index in [2.05, 4.69) is 38.4 Å². The molecule has 0 spiro atoms. The molecule has 2 fully saturated rings. The summed E-state index contributed by atoms with van der Waals surface area (Å²) in [6.07, 6.45) is 8.02. The van der Waals surface area contributed by atoms with E-state index < -0.39 is 0 Å². The molecule has 1 atom stereocenters. The van der Waals surface area contributed by atoms with Gasteiger partial charge in [0, 0.05) is 51.2 Å². The van der Waals surface area contributed by atoms with E-state index in [0.717, 1.165) is 19.6 Å². The minimum atomic E-state index is 0.516. The molecule has 0 saturated carbocycles. The number of rotatable bonds is 4. The minimum absolute atomic E-state index is 0.516. The summed E-state index contributed by atoms with van der Waals surface area (Å²) in [5.74, 6) is 0. The predicted molar refractivity (Wildman–Crippen MR) is 81.7 cm³/mol. The fourth-order valence-corrected chi connectivity index (χ4v) is 3.37. The van der Waals surface area contributed by atoms with Crippen LogP contribution in [-0.4, -0.2) is 60.6 Å². The molecule has 0 aliphatic carbocycles. The molecule has 2 saturated heterocycles. The highest BCUT2D eigenvalue weighted by atomic mass is 15.2. The van der Waals surface area contributed by atoms with Gasteiger partial charge in [0.1, 0.15) is 0 Å². The third-order valence-electron chi connectivity index (χ3n) is 4.54. The summed E-state index contributed by atoms with van der Waals surface area (Å²) in [4.78, 5) is 9.61. The van der Waals surface area contributed by atoms with E-state index in [4.69, 9.17) is 0 Å². The van der Waals surface area contributed by atoms with Gasteiger partial charge < -0.3 is 5.32 Å². The number of likely N-dealkylation sites (tertiary alicyclic amines) is 1. The van der Waals surface area contributed by atoms with Crippen LogP contribution in [0.3, 0.4) is 0 Å². The molecule has 1 aromatic heterocycles. The third kappa shape index (κ3) is 3.57. The second kappa shape index (κ2) is 7.16. The molecule has 4 heteroatoms. The average molecular weight is 274 g/mol. The topological polar surface area (TPSA) is 31.4 Å². The Balaban J connectivity index is 1.72. The number of aromatic nitrogens is 1. The van der Waals surface area contributed by atoms with E-state index in [9.17, 15) is 0 Å². The Morgan fingerprint density at radius 3 is 2.60 bits per heavy atom. The monoisotopic (exact) mass is 274 g/mol. The first-order valence-corrected chi connectivity index (χ1v) is 8.00. The molecule has 0 bridgehead atoms. The summed E-state index contributed by atoms with van der Waals surface area (Å²) in [5, 5.41) is 3.44. The average Bonchev–Trinajstić information content (AvgIpc) is 2.55. The van der Waals surface area contributed by atoms with E-state index in [1.807, 2.05) is 6.20 Å². The fraction of sp³-hybridized carbons (Fsp3) is 0.688. The van der Waals surface area contributed by atoms with Crippen LogP contribution in [0.1, 0.15) is 30.9 Å². The Morgan fingerprint density at radius 2 is 1.90 bits per heavy atom. The van der Waals surface area contributed by atoms with Gasteiger partial charge in [-0.2, -0.15) is 0 Å². The standard InChI is InChI=1S/C16H26N4/c1-2-9-20(10-3-1)16(15-5-4-6-18-13-15)14-19-11-7-17-8-12-19/h4-6,13,16-17H,1-3,7-12,14H2. The van der Waals surface area contributed by atoms with Crippen LogP contribution in [0.2, 0.25) is 0 Å². The van der Waals surface area contributed by atoms with Crippen molar-refractivity contribution in [2.24, 2.45) is 0 Å². The van der Waals surface area contributed by atoms with Crippen molar-refractivity contribution in [1.82, 2.24) is 20.1 Å². The lowest BCUT2D eigenvalue weighted by Crippen LogP contribution is -2.48. The van der Waals surface area contributed by atoms with Crippen molar-refractivity contribution < 1.29 is 0 Å². The number of hydrogen-bond acceptors (Lipinski definition) is 4. The van der Waals surface area contributed by atoms with Crippen LogP contribution in [-0.2, 0) is 0 Å². The van der Waals surface area contributed by atoms with E-state index in [-0.39, 0.29) is 0 Å². The second-order valence-corrected chi connectivity index (χ2v) is 5.95. The summed E-state index contributed by atoms with van der Waals surface area (Å²) in [6, 6.07) is 4.83. The maximum absolute atomic E-state index is 4.34. The smallest absolute Gasteiger partial charge is 0.0490 e. The van der Waals surface area contributed by atoms with Gasteiger partial charge in [-0.25, -0.2) is 0 Å². The maximum Gasteiger partial charge on any atom is 0.0490 e. The molecule has 3 heterocycles. The normalized spacial score (nSPS) is 23.6. The lowest BCUT2D eigenvalue weighted by atomic mass is 10.0. The van der Waals surface area contributed by atoms with Gasteiger partial charge in [0.2, 0.25) is 0 Å². The van der Waals surface area contributed by atoms with Crippen molar-refractivity contribution in [3.63, 3.8) is 0 Å². The molecular weight excluding hydrogens is 248 g/mol. The van der Waals surface area contributed by atoms with Gasteiger partial charge in [0.05, 0.1) is 0 Å². The molecule has 1 N–H and O–H groups in total. The molecule has 4 nitrogen and oxygen atoms in total. The highest BCUT2D eigenvalue weighted by molar-refractivity contribution is 5.15. The van der Waals surface area contributed by atoms with Gasteiger partial charge in [-0.15, -0.1) is 0 Å². The Morgan fingerprint density at radius 1 is 1.10 bits per heavy atom. The van der Waals surface area contributed by atoms with Gasteiger partial charge in [-0.3, -0.25) is 14.8 Å². The number of nitrogens with one attached hydrogen (secondary N) is 1. The molecule has 3 rings (SSSR count). The molecule has 1 unspecified atom stereocenters. The Labute approximate surface area is 122 Å². The fourth-order valence-electron chi connectivity index (χ4n) is 3.37. The van der Waals surface area contributed by atoms with Crippen molar-refractivity contribution in [3.8, 4) is 0 Å². The van der Waals surface area contributed by atoms with Gasteiger partial charge >= 0.3 is 0 Å². The van der Waals surface area contributed by atoms with Crippen molar-refractivity contribution in [1.29, 1.82) is 0 Å². The van der Waals surface area contributed by atoms with Gasteiger partial charge in [-0.1, -0.05) is 12.5 Å². The minimum Gasteiger partial charge on any atom is -0.314 e. The van der Waals surface area contributed by atoms with E-state index in [1.54, 1.807) is 0 Å². The number of hydrogen-bond donors (Lipinski definition) is 1. The maximum atomic E-state index is 4.34. The summed E-state index contributed by atoms with van der Waals surface area (Å²) in [6.45, 7) is 8.22. The van der Waals surface area contributed by atoms with Gasteiger partial charge in [0.25, 0.3) is 0 Å². The molecule has 0 radical (unpaired) electrons. The lowest BCUT2D eigenvalue weighted by Gasteiger charge is -2.39. The van der Waals surface area contributed by atoms with E-state index >= 15 is 0 Å². The highest BCUT2D eigenvalue weighted by Gasteiger charge is 2.25. The lowest BCUT2D eigenvalue weighted by molar-refractivity contribution is 0.111. The van der Waals surface area contributed by atoms with Crippen LogP contribution in [0.15, 0.2) is 24.5 Å². The number of piperazine rings is 1. The molecule has 20 heavy (non-hydrogen) atoms. The summed E-state index contributed by atoms with van der Waals surface area (Å²) in [5.41, 5.74) is 1.38. The van der Waals surface area contributed by atoms with Crippen molar-refractivity contribution >= 4 is 0 Å². The first-order valence-electron chi connectivity index (χ1n) is 8.00. The first kappa shape index (κ1) is 14.0. The van der Waals surface area contributed by atoms with Crippen LogP contribution in [0.25, 0.3) is 0 Å².